The van der Waals surface area contributed by atoms with Crippen LogP contribution in [-0.2, 0) is 4.74 Å². The molecule has 0 amide bonds. The quantitative estimate of drug-likeness (QED) is 0.688. The monoisotopic (exact) mass is 205 g/mol. The van der Waals surface area contributed by atoms with Crippen LogP contribution in [0.4, 0.5) is 5.69 Å². The maximum atomic E-state index is 10.9. The second-order valence-corrected chi connectivity index (χ2v) is 3.80. The van der Waals surface area contributed by atoms with Gasteiger partial charge in [0.15, 0.2) is 6.29 Å². The Hall–Kier alpha value is -1.35. The van der Waals surface area contributed by atoms with E-state index in [1.807, 2.05) is 24.3 Å². The molecule has 1 saturated heterocycles. The number of anilines is 1. The van der Waals surface area contributed by atoms with E-state index >= 15 is 0 Å². The summed E-state index contributed by atoms with van der Waals surface area (Å²) in [6.45, 7) is 4.49. The third-order valence-electron chi connectivity index (χ3n) is 2.65. The fourth-order valence-electron chi connectivity index (χ4n) is 1.91. The van der Waals surface area contributed by atoms with E-state index in [9.17, 15) is 4.79 Å². The Labute approximate surface area is 89.7 Å². The summed E-state index contributed by atoms with van der Waals surface area (Å²) in [5, 5.41) is 0. The molecule has 1 heterocycles. The lowest BCUT2D eigenvalue weighted by atomic mass is 10.1. The van der Waals surface area contributed by atoms with Gasteiger partial charge >= 0.3 is 0 Å². The van der Waals surface area contributed by atoms with Crippen molar-refractivity contribution in [2.75, 3.05) is 24.6 Å². The van der Waals surface area contributed by atoms with Gasteiger partial charge in [0.25, 0.3) is 0 Å². The van der Waals surface area contributed by atoms with Crippen molar-refractivity contribution in [3.63, 3.8) is 0 Å². The zero-order chi connectivity index (χ0) is 10.7. The largest absolute Gasteiger partial charge is 0.375 e. The zero-order valence-corrected chi connectivity index (χ0v) is 8.85. The van der Waals surface area contributed by atoms with Crippen LogP contribution in [0.5, 0.6) is 0 Å². The number of ether oxygens (including phenoxy) is 1. The van der Waals surface area contributed by atoms with Gasteiger partial charge in [0.1, 0.15) is 0 Å². The smallest absolute Gasteiger partial charge is 0.152 e. The molecule has 0 radical (unpaired) electrons. The predicted octanol–water partition coefficient (Wildman–Crippen LogP) is 1.72. The number of para-hydroxylation sites is 1. The van der Waals surface area contributed by atoms with Gasteiger partial charge in [-0.3, -0.25) is 4.79 Å². The van der Waals surface area contributed by atoms with Crippen LogP contribution in [0.3, 0.4) is 0 Å². The molecule has 1 aromatic carbocycles. The van der Waals surface area contributed by atoms with Gasteiger partial charge in [-0.15, -0.1) is 0 Å². The first kappa shape index (κ1) is 10.2. The SMILES string of the molecule is C[C@H]1CN(c2ccccc2C=O)CCO1. The van der Waals surface area contributed by atoms with Crippen LogP contribution in [0.15, 0.2) is 24.3 Å². The topological polar surface area (TPSA) is 29.5 Å². The number of morpholine rings is 1. The van der Waals surface area contributed by atoms with Gasteiger partial charge in [0, 0.05) is 24.3 Å². The third kappa shape index (κ3) is 2.18. The lowest BCUT2D eigenvalue weighted by molar-refractivity contribution is 0.0531. The van der Waals surface area contributed by atoms with E-state index in [1.165, 1.54) is 0 Å². The Kier molecular flexibility index (Phi) is 3.02. The maximum Gasteiger partial charge on any atom is 0.152 e. The average Bonchev–Trinajstić information content (AvgIpc) is 2.29. The number of benzene rings is 1. The third-order valence-corrected chi connectivity index (χ3v) is 2.65. The molecule has 1 aliphatic heterocycles. The molecule has 1 atom stereocenters. The highest BCUT2D eigenvalue weighted by Crippen LogP contribution is 2.21. The number of hydrogen-bond acceptors (Lipinski definition) is 3. The normalized spacial score (nSPS) is 21.4. The molecule has 2 rings (SSSR count). The molecule has 0 spiro atoms. The highest BCUT2D eigenvalue weighted by atomic mass is 16.5. The molecule has 1 aromatic rings. The molecular formula is C12H15NO2. The van der Waals surface area contributed by atoms with Gasteiger partial charge in [-0.25, -0.2) is 0 Å². The Bertz CT molecular complexity index is 351. The van der Waals surface area contributed by atoms with Gasteiger partial charge in [0.05, 0.1) is 12.7 Å². The van der Waals surface area contributed by atoms with Crippen molar-refractivity contribution >= 4 is 12.0 Å². The molecular weight excluding hydrogens is 190 g/mol. The summed E-state index contributed by atoms with van der Waals surface area (Å²) in [6.07, 6.45) is 1.15. The molecule has 3 heteroatoms. The predicted molar refractivity (Wildman–Crippen MR) is 59.5 cm³/mol. The molecule has 3 nitrogen and oxygen atoms in total. The van der Waals surface area contributed by atoms with E-state index in [0.717, 1.165) is 37.2 Å². The first-order valence-electron chi connectivity index (χ1n) is 5.22. The lowest BCUT2D eigenvalue weighted by Crippen LogP contribution is -2.41. The Balaban J connectivity index is 2.24. The van der Waals surface area contributed by atoms with Crippen LogP contribution >= 0.6 is 0 Å². The summed E-state index contributed by atoms with van der Waals surface area (Å²) in [7, 11) is 0. The molecule has 1 aliphatic rings. The van der Waals surface area contributed by atoms with E-state index in [2.05, 4.69) is 11.8 Å². The fourth-order valence-corrected chi connectivity index (χ4v) is 1.91. The molecule has 15 heavy (non-hydrogen) atoms. The van der Waals surface area contributed by atoms with E-state index in [4.69, 9.17) is 4.74 Å². The lowest BCUT2D eigenvalue weighted by Gasteiger charge is -2.33. The minimum Gasteiger partial charge on any atom is -0.375 e. The molecule has 0 unspecified atom stereocenters. The van der Waals surface area contributed by atoms with Crippen LogP contribution in [0.2, 0.25) is 0 Å². The fraction of sp³-hybridized carbons (Fsp3) is 0.417. The van der Waals surface area contributed by atoms with E-state index in [-0.39, 0.29) is 6.10 Å². The standard InChI is InChI=1S/C12H15NO2/c1-10-8-13(6-7-15-10)12-5-3-2-4-11(12)9-14/h2-5,9-10H,6-8H2,1H3/t10-/m0/s1. The van der Waals surface area contributed by atoms with Gasteiger partial charge < -0.3 is 9.64 Å². The summed E-state index contributed by atoms with van der Waals surface area (Å²) in [4.78, 5) is 13.1. The number of hydrogen-bond donors (Lipinski definition) is 0. The van der Waals surface area contributed by atoms with Crippen molar-refractivity contribution in [1.29, 1.82) is 0 Å². The first-order valence-corrected chi connectivity index (χ1v) is 5.22. The van der Waals surface area contributed by atoms with Crippen LogP contribution in [0, 0.1) is 0 Å². The summed E-state index contributed by atoms with van der Waals surface area (Å²) >= 11 is 0. The Morgan fingerprint density at radius 1 is 1.47 bits per heavy atom. The van der Waals surface area contributed by atoms with Crippen LogP contribution in [0.1, 0.15) is 17.3 Å². The first-order chi connectivity index (χ1) is 7.31. The summed E-state index contributed by atoms with van der Waals surface area (Å²) < 4.78 is 5.47. The Morgan fingerprint density at radius 2 is 2.27 bits per heavy atom. The molecule has 1 fully saturated rings. The molecule has 0 N–H and O–H groups in total. The van der Waals surface area contributed by atoms with Crippen molar-refractivity contribution in [2.24, 2.45) is 0 Å². The number of carbonyl (C=O) groups is 1. The van der Waals surface area contributed by atoms with E-state index in [1.54, 1.807) is 0 Å². The van der Waals surface area contributed by atoms with Crippen molar-refractivity contribution < 1.29 is 9.53 Å². The average molecular weight is 205 g/mol. The number of rotatable bonds is 2. The van der Waals surface area contributed by atoms with Gasteiger partial charge in [-0.05, 0) is 19.1 Å². The number of carbonyl (C=O) groups excluding carboxylic acids is 1. The van der Waals surface area contributed by atoms with Gasteiger partial charge in [-0.1, -0.05) is 12.1 Å². The van der Waals surface area contributed by atoms with Crippen LogP contribution in [-0.4, -0.2) is 32.1 Å². The summed E-state index contributed by atoms with van der Waals surface area (Å²) in [5.74, 6) is 0. The summed E-state index contributed by atoms with van der Waals surface area (Å²) in [6, 6.07) is 7.68. The molecule has 80 valence electrons. The zero-order valence-electron chi connectivity index (χ0n) is 8.85. The van der Waals surface area contributed by atoms with E-state index < -0.39 is 0 Å². The highest BCUT2D eigenvalue weighted by molar-refractivity contribution is 5.84. The van der Waals surface area contributed by atoms with Crippen LogP contribution in [0.25, 0.3) is 0 Å². The highest BCUT2D eigenvalue weighted by Gasteiger charge is 2.18. The maximum absolute atomic E-state index is 10.9. The molecule has 0 bridgehead atoms. The second-order valence-electron chi connectivity index (χ2n) is 3.80. The van der Waals surface area contributed by atoms with Crippen LogP contribution < -0.4 is 4.90 Å². The number of nitrogens with zero attached hydrogens (tertiary/aromatic N) is 1. The van der Waals surface area contributed by atoms with Crippen molar-refractivity contribution in [3.05, 3.63) is 29.8 Å². The van der Waals surface area contributed by atoms with Gasteiger partial charge in [0.2, 0.25) is 0 Å². The summed E-state index contributed by atoms with van der Waals surface area (Å²) in [5.41, 5.74) is 1.77. The van der Waals surface area contributed by atoms with Gasteiger partial charge in [-0.2, -0.15) is 0 Å². The molecule has 0 saturated carbocycles. The minimum absolute atomic E-state index is 0.235. The molecule has 0 aromatic heterocycles. The minimum atomic E-state index is 0.235. The van der Waals surface area contributed by atoms with Crippen molar-refractivity contribution in [3.8, 4) is 0 Å². The Morgan fingerprint density at radius 3 is 3.00 bits per heavy atom. The van der Waals surface area contributed by atoms with Crippen molar-refractivity contribution in [2.45, 2.75) is 13.0 Å². The molecule has 0 aliphatic carbocycles. The second kappa shape index (κ2) is 4.45. The van der Waals surface area contributed by atoms with E-state index in [0.29, 0.717) is 0 Å². The van der Waals surface area contributed by atoms with Crippen molar-refractivity contribution in [1.82, 2.24) is 0 Å². The number of aldehydes is 1.